The van der Waals surface area contributed by atoms with Crippen LogP contribution in [0.25, 0.3) is 10.9 Å². The minimum atomic E-state index is 0. The van der Waals surface area contributed by atoms with E-state index in [1.807, 2.05) is 0 Å². The Labute approximate surface area is 138 Å². The van der Waals surface area contributed by atoms with Crippen LogP contribution < -0.4 is 0 Å². The van der Waals surface area contributed by atoms with E-state index < -0.39 is 0 Å². The molecule has 0 aliphatic heterocycles. The van der Waals surface area contributed by atoms with Gasteiger partial charge in [0, 0.05) is 38.0 Å². The van der Waals surface area contributed by atoms with Crippen LogP contribution in [0.4, 0.5) is 0 Å². The highest BCUT2D eigenvalue weighted by molar-refractivity contribution is 5.83. The topological polar surface area (TPSA) is 19.0 Å². The lowest BCUT2D eigenvalue weighted by molar-refractivity contribution is 0.331. The van der Waals surface area contributed by atoms with Gasteiger partial charge in [0.05, 0.1) is 5.70 Å². The van der Waals surface area contributed by atoms with E-state index in [1.165, 1.54) is 27.7 Å². The van der Waals surface area contributed by atoms with Crippen LogP contribution in [-0.2, 0) is 13.0 Å². The van der Waals surface area contributed by atoms with Gasteiger partial charge in [-0.2, -0.15) is 0 Å². The Morgan fingerprint density at radius 1 is 1.04 bits per heavy atom. The van der Waals surface area contributed by atoms with Gasteiger partial charge in [0.15, 0.2) is 0 Å². The van der Waals surface area contributed by atoms with Gasteiger partial charge in [-0.1, -0.05) is 48.5 Å². The molecule has 4 rings (SSSR count). The summed E-state index contributed by atoms with van der Waals surface area (Å²) in [6, 6.07) is 19.2. The Balaban J connectivity index is 0.00000169. The second-order valence-electron chi connectivity index (χ2n) is 6.02. The lowest BCUT2D eigenvalue weighted by Crippen LogP contribution is -2.26. The van der Waals surface area contributed by atoms with Crippen molar-refractivity contribution in [1.82, 2.24) is 9.88 Å². The molecule has 1 heterocycles. The fraction of sp³-hybridized carbons (Fsp3) is 0.190. The van der Waals surface area contributed by atoms with Crippen molar-refractivity contribution >= 4 is 10.9 Å². The van der Waals surface area contributed by atoms with Crippen molar-refractivity contribution < 1.29 is 1.43 Å². The van der Waals surface area contributed by atoms with Crippen LogP contribution >= 0.6 is 0 Å². The van der Waals surface area contributed by atoms with Crippen molar-refractivity contribution in [3.8, 4) is 0 Å². The number of hydrogen-bond donors (Lipinski definition) is 1. The number of fused-ring (bicyclic) bond motifs is 1. The number of rotatable bonds is 6. The van der Waals surface area contributed by atoms with Crippen molar-refractivity contribution in [3.63, 3.8) is 0 Å². The number of aromatic nitrogens is 1. The van der Waals surface area contributed by atoms with E-state index in [0.29, 0.717) is 0 Å². The zero-order valence-corrected chi connectivity index (χ0v) is 13.1. The summed E-state index contributed by atoms with van der Waals surface area (Å²) in [6.07, 6.45) is 6.35. The van der Waals surface area contributed by atoms with Crippen molar-refractivity contribution in [1.29, 1.82) is 0 Å². The van der Waals surface area contributed by atoms with E-state index in [2.05, 4.69) is 82.5 Å². The van der Waals surface area contributed by atoms with Gasteiger partial charge in [-0.15, -0.1) is 5.73 Å². The van der Waals surface area contributed by atoms with Gasteiger partial charge in [0.1, 0.15) is 0 Å². The predicted octanol–water partition coefficient (Wildman–Crippen LogP) is 4.90. The second-order valence-corrected chi connectivity index (χ2v) is 6.02. The number of aromatic amines is 1. The van der Waals surface area contributed by atoms with Gasteiger partial charge in [0.2, 0.25) is 0 Å². The van der Waals surface area contributed by atoms with Crippen LogP contribution in [0, 0.1) is 0 Å². The quantitative estimate of drug-likeness (QED) is 0.642. The number of nitrogens with one attached hydrogen (secondary N) is 1. The first kappa shape index (κ1) is 13.9. The summed E-state index contributed by atoms with van der Waals surface area (Å²) >= 11 is 0. The number of nitrogens with zero attached hydrogens (tertiary/aromatic N) is 1. The number of hydrogen-bond acceptors (Lipinski definition) is 1. The van der Waals surface area contributed by atoms with Gasteiger partial charge < -0.3 is 9.88 Å². The third-order valence-corrected chi connectivity index (χ3v) is 4.49. The highest BCUT2D eigenvalue weighted by Crippen LogP contribution is 2.22. The Kier molecular flexibility index (Phi) is 3.75. The van der Waals surface area contributed by atoms with Crippen LogP contribution in [0.3, 0.4) is 0 Å². The predicted molar refractivity (Wildman–Crippen MR) is 97.2 cm³/mol. The molecular formula is C21H22N2. The molecule has 116 valence electrons. The second kappa shape index (κ2) is 6.20. The molecule has 2 nitrogen and oxygen atoms in total. The molecule has 3 aromatic rings. The van der Waals surface area contributed by atoms with Gasteiger partial charge >= 0.3 is 0 Å². The minimum absolute atomic E-state index is 0. The smallest absolute Gasteiger partial charge is 0.0608 e. The van der Waals surface area contributed by atoms with Crippen LogP contribution in [-0.4, -0.2) is 16.4 Å². The number of para-hydroxylation sites is 1. The maximum absolute atomic E-state index is 3.37. The highest BCUT2D eigenvalue weighted by Gasteiger charge is 2.13. The van der Waals surface area contributed by atoms with Crippen molar-refractivity contribution in [2.45, 2.75) is 19.4 Å². The van der Waals surface area contributed by atoms with Crippen LogP contribution in [0.2, 0.25) is 0 Å². The molecule has 0 saturated heterocycles. The monoisotopic (exact) mass is 302 g/mol. The summed E-state index contributed by atoms with van der Waals surface area (Å²) in [5.74, 6) is 0. The van der Waals surface area contributed by atoms with Crippen LogP contribution in [0.5, 0.6) is 0 Å². The first-order valence-electron chi connectivity index (χ1n) is 8.18. The molecule has 1 N–H and O–H groups in total. The number of H-pyrrole nitrogens is 1. The Morgan fingerprint density at radius 3 is 2.61 bits per heavy atom. The molecule has 1 aromatic heterocycles. The van der Waals surface area contributed by atoms with E-state index in [4.69, 9.17) is 0 Å². The molecule has 2 aromatic carbocycles. The van der Waals surface area contributed by atoms with Crippen LogP contribution in [0.15, 0.2) is 78.3 Å². The Hall–Kier alpha value is -2.70. The molecule has 0 radical (unpaired) electrons. The minimum Gasteiger partial charge on any atom is -0.364 e. The molecule has 0 atom stereocenters. The van der Waals surface area contributed by atoms with Gasteiger partial charge in [-0.25, -0.2) is 0 Å². The molecule has 0 spiro atoms. The van der Waals surface area contributed by atoms with Crippen molar-refractivity contribution in [2.24, 2.45) is 0 Å². The molecule has 0 saturated carbocycles. The van der Waals surface area contributed by atoms with E-state index in [9.17, 15) is 0 Å². The summed E-state index contributed by atoms with van der Waals surface area (Å²) < 4.78 is 0. The Morgan fingerprint density at radius 2 is 1.83 bits per heavy atom. The molecule has 23 heavy (non-hydrogen) atoms. The van der Waals surface area contributed by atoms with E-state index in [0.717, 1.165) is 25.9 Å². The lowest BCUT2D eigenvalue weighted by Gasteiger charge is -2.28. The molecule has 1 aliphatic carbocycles. The zero-order chi connectivity index (χ0) is 15.5. The first-order chi connectivity index (χ1) is 11.4. The summed E-state index contributed by atoms with van der Waals surface area (Å²) in [4.78, 5) is 5.83. The first-order valence-corrected chi connectivity index (χ1v) is 8.18. The van der Waals surface area contributed by atoms with Gasteiger partial charge in [-0.3, -0.25) is 0 Å². The van der Waals surface area contributed by atoms with E-state index in [-0.39, 0.29) is 1.43 Å². The fourth-order valence-corrected chi connectivity index (χ4v) is 3.12. The third-order valence-electron chi connectivity index (χ3n) is 4.49. The number of benzene rings is 2. The third kappa shape index (κ3) is 2.94. The maximum Gasteiger partial charge on any atom is 0.0608 e. The average Bonchev–Trinajstić information content (AvgIpc) is 2.95. The molecule has 0 fully saturated rings. The standard InChI is InChI=1S/C21H20N2.H2/c1-2-7-17(8-3-1)16-23(19-9-6-10-19)14-13-18-15-22-21-12-5-4-11-20(18)21;/h1-8,11-12,15,22H,9,13-14,16H2;1H. The molecule has 1 aliphatic rings. The maximum atomic E-state index is 3.37. The van der Waals surface area contributed by atoms with Gasteiger partial charge in [-0.05, 0) is 29.7 Å². The van der Waals surface area contributed by atoms with Crippen LogP contribution in [0.1, 0.15) is 19.0 Å². The molecule has 2 heteroatoms. The highest BCUT2D eigenvalue weighted by atomic mass is 15.1. The van der Waals surface area contributed by atoms with E-state index in [1.54, 1.807) is 0 Å². The van der Waals surface area contributed by atoms with Crippen molar-refractivity contribution in [2.75, 3.05) is 6.54 Å². The largest absolute Gasteiger partial charge is 0.364 e. The SMILES string of the molecule is C1=CCC=1N(CCc1c[nH]c2ccccc12)Cc1ccccc1.[HH]. The Bertz CT molecular complexity index is 873. The molecule has 0 bridgehead atoms. The summed E-state index contributed by atoms with van der Waals surface area (Å²) in [6.45, 7) is 1.98. The van der Waals surface area contributed by atoms with Crippen molar-refractivity contribution in [3.05, 3.63) is 89.4 Å². The average molecular weight is 302 g/mol. The molecular weight excluding hydrogens is 280 g/mol. The molecule has 0 amide bonds. The van der Waals surface area contributed by atoms with Gasteiger partial charge in [0.25, 0.3) is 0 Å². The van der Waals surface area contributed by atoms with E-state index >= 15 is 0 Å². The summed E-state index contributed by atoms with van der Waals surface area (Å²) in [5, 5.41) is 1.34. The zero-order valence-electron chi connectivity index (χ0n) is 13.1. The summed E-state index contributed by atoms with van der Waals surface area (Å²) in [7, 11) is 0. The normalized spacial score (nSPS) is 13.0. The molecule has 0 unspecified atom stereocenters. The fourth-order valence-electron chi connectivity index (χ4n) is 3.12. The summed E-state index contributed by atoms with van der Waals surface area (Å²) in [5.41, 5.74) is 8.64. The lowest BCUT2D eigenvalue weighted by atomic mass is 10.1.